The van der Waals surface area contributed by atoms with Gasteiger partial charge < -0.3 is 15.2 Å². The predicted molar refractivity (Wildman–Crippen MR) is 73.3 cm³/mol. The van der Waals surface area contributed by atoms with Crippen molar-refractivity contribution in [1.82, 2.24) is 0 Å². The van der Waals surface area contributed by atoms with Crippen LogP contribution in [0.25, 0.3) is 0 Å². The molecule has 0 aliphatic carbocycles. The lowest BCUT2D eigenvalue weighted by molar-refractivity contribution is -0.150. The summed E-state index contributed by atoms with van der Waals surface area (Å²) >= 11 is 0. The van der Waals surface area contributed by atoms with Gasteiger partial charge in [-0.25, -0.2) is 0 Å². The van der Waals surface area contributed by atoms with E-state index in [9.17, 15) is 4.79 Å². The van der Waals surface area contributed by atoms with E-state index >= 15 is 0 Å². The lowest BCUT2D eigenvalue weighted by atomic mass is 9.93. The van der Waals surface area contributed by atoms with Crippen LogP contribution in [0.5, 0.6) is 0 Å². The average molecular weight is 259 g/mol. The molecule has 0 rings (SSSR count). The molecular weight excluding hydrogens is 230 g/mol. The molecule has 0 bridgehead atoms. The van der Waals surface area contributed by atoms with Crippen molar-refractivity contribution < 1.29 is 14.3 Å². The van der Waals surface area contributed by atoms with Gasteiger partial charge in [0.25, 0.3) is 0 Å². The summed E-state index contributed by atoms with van der Waals surface area (Å²) in [5.41, 5.74) is 5.23. The van der Waals surface area contributed by atoms with Crippen molar-refractivity contribution in [1.29, 1.82) is 0 Å². The minimum absolute atomic E-state index is 0.0493. The maximum atomic E-state index is 11.6. The highest BCUT2D eigenvalue weighted by Crippen LogP contribution is 2.20. The van der Waals surface area contributed by atoms with E-state index in [4.69, 9.17) is 15.2 Å². The van der Waals surface area contributed by atoms with Crippen LogP contribution in [0.15, 0.2) is 0 Å². The predicted octanol–water partition coefficient (Wildman–Crippen LogP) is 2.50. The van der Waals surface area contributed by atoms with E-state index in [0.717, 1.165) is 6.42 Å². The average Bonchev–Trinajstić information content (AvgIpc) is 2.14. The first-order chi connectivity index (χ1) is 8.08. The van der Waals surface area contributed by atoms with Crippen molar-refractivity contribution in [3.8, 4) is 0 Å². The molecule has 2 N–H and O–H groups in total. The molecule has 4 nitrogen and oxygen atoms in total. The molecule has 0 radical (unpaired) electrons. The highest BCUT2D eigenvalue weighted by molar-refractivity contribution is 5.80. The number of carbonyl (C=O) groups is 1. The zero-order chi connectivity index (χ0) is 14.4. The molecule has 2 unspecified atom stereocenters. The highest BCUT2D eigenvalue weighted by Gasteiger charge is 2.32. The van der Waals surface area contributed by atoms with Crippen molar-refractivity contribution in [3.05, 3.63) is 0 Å². The number of nitrogens with two attached hydrogens (primary N) is 1. The molecular formula is C14H29NO3. The minimum Gasteiger partial charge on any atom is -0.465 e. The SMILES string of the molecule is CCOC(=O)C(C)(N)CC(C)OCCC(C)(C)C. The molecule has 18 heavy (non-hydrogen) atoms. The Bertz CT molecular complexity index is 256. The van der Waals surface area contributed by atoms with E-state index in [-0.39, 0.29) is 17.5 Å². The Hall–Kier alpha value is -0.610. The van der Waals surface area contributed by atoms with Crippen molar-refractivity contribution in [2.45, 2.75) is 66.0 Å². The Balaban J connectivity index is 4.06. The van der Waals surface area contributed by atoms with Crippen LogP contribution in [0.4, 0.5) is 0 Å². The Morgan fingerprint density at radius 2 is 1.83 bits per heavy atom. The fraction of sp³-hybridized carbons (Fsp3) is 0.929. The van der Waals surface area contributed by atoms with E-state index < -0.39 is 5.54 Å². The second-order valence-electron chi connectivity index (χ2n) is 6.33. The molecule has 0 spiro atoms. The van der Waals surface area contributed by atoms with Crippen molar-refractivity contribution in [2.75, 3.05) is 13.2 Å². The molecule has 0 aliphatic rings. The van der Waals surface area contributed by atoms with Crippen LogP contribution in [-0.4, -0.2) is 30.8 Å². The zero-order valence-corrected chi connectivity index (χ0v) is 12.7. The molecule has 0 fully saturated rings. The number of ether oxygens (including phenoxy) is 2. The number of hydrogen-bond acceptors (Lipinski definition) is 4. The van der Waals surface area contributed by atoms with Gasteiger partial charge in [0.1, 0.15) is 5.54 Å². The monoisotopic (exact) mass is 259 g/mol. The summed E-state index contributed by atoms with van der Waals surface area (Å²) in [7, 11) is 0. The highest BCUT2D eigenvalue weighted by atomic mass is 16.5. The second-order valence-corrected chi connectivity index (χ2v) is 6.33. The Morgan fingerprint density at radius 1 is 1.28 bits per heavy atom. The normalized spacial score (nSPS) is 17.1. The van der Waals surface area contributed by atoms with E-state index in [0.29, 0.717) is 19.6 Å². The van der Waals surface area contributed by atoms with Gasteiger partial charge in [0.05, 0.1) is 12.7 Å². The fourth-order valence-electron chi connectivity index (χ4n) is 1.60. The number of rotatable bonds is 7. The third-order valence-corrected chi connectivity index (χ3v) is 2.71. The standard InChI is InChI=1S/C14H29NO3/c1-7-17-12(16)14(6,15)10-11(2)18-9-8-13(3,4)5/h11H,7-10,15H2,1-6H3. The molecule has 0 heterocycles. The molecule has 4 heteroatoms. The van der Waals surface area contributed by atoms with Crippen molar-refractivity contribution in [2.24, 2.45) is 11.1 Å². The van der Waals surface area contributed by atoms with Gasteiger partial charge in [0.2, 0.25) is 0 Å². The quantitative estimate of drug-likeness (QED) is 0.714. The van der Waals surface area contributed by atoms with E-state index in [1.807, 2.05) is 6.92 Å². The third-order valence-electron chi connectivity index (χ3n) is 2.71. The van der Waals surface area contributed by atoms with Gasteiger partial charge in [0.15, 0.2) is 0 Å². The summed E-state index contributed by atoms with van der Waals surface area (Å²) in [5, 5.41) is 0. The largest absolute Gasteiger partial charge is 0.465 e. The fourth-order valence-corrected chi connectivity index (χ4v) is 1.60. The smallest absolute Gasteiger partial charge is 0.325 e. The van der Waals surface area contributed by atoms with Gasteiger partial charge in [-0.15, -0.1) is 0 Å². The van der Waals surface area contributed by atoms with Crippen LogP contribution >= 0.6 is 0 Å². The molecule has 0 saturated heterocycles. The Morgan fingerprint density at radius 3 is 2.28 bits per heavy atom. The molecule has 2 atom stereocenters. The number of hydrogen-bond donors (Lipinski definition) is 1. The zero-order valence-electron chi connectivity index (χ0n) is 12.7. The van der Waals surface area contributed by atoms with Crippen LogP contribution in [0.2, 0.25) is 0 Å². The summed E-state index contributed by atoms with van der Waals surface area (Å²) in [6.45, 7) is 13.0. The van der Waals surface area contributed by atoms with Crippen LogP contribution < -0.4 is 5.73 Å². The van der Waals surface area contributed by atoms with Crippen LogP contribution in [0.3, 0.4) is 0 Å². The van der Waals surface area contributed by atoms with E-state index in [1.165, 1.54) is 0 Å². The van der Waals surface area contributed by atoms with Gasteiger partial charge >= 0.3 is 5.97 Å². The lowest BCUT2D eigenvalue weighted by Crippen LogP contribution is -2.48. The molecule has 0 aromatic carbocycles. The number of carbonyl (C=O) groups excluding carboxylic acids is 1. The minimum atomic E-state index is -0.975. The Kier molecular flexibility index (Phi) is 6.86. The first-order valence-corrected chi connectivity index (χ1v) is 6.66. The summed E-state index contributed by atoms with van der Waals surface area (Å²) in [4.78, 5) is 11.6. The van der Waals surface area contributed by atoms with Crippen molar-refractivity contribution in [3.63, 3.8) is 0 Å². The van der Waals surface area contributed by atoms with E-state index in [2.05, 4.69) is 20.8 Å². The first kappa shape index (κ1) is 17.4. The van der Waals surface area contributed by atoms with E-state index in [1.54, 1.807) is 13.8 Å². The maximum absolute atomic E-state index is 11.6. The third kappa shape index (κ3) is 7.67. The summed E-state index contributed by atoms with van der Waals surface area (Å²) in [6.07, 6.45) is 1.40. The maximum Gasteiger partial charge on any atom is 0.325 e. The van der Waals surface area contributed by atoms with Crippen molar-refractivity contribution >= 4 is 5.97 Å². The van der Waals surface area contributed by atoms with Crippen LogP contribution in [0, 0.1) is 5.41 Å². The lowest BCUT2D eigenvalue weighted by Gasteiger charge is -2.26. The van der Waals surface area contributed by atoms with Gasteiger partial charge in [-0.3, -0.25) is 4.79 Å². The molecule has 108 valence electrons. The summed E-state index contributed by atoms with van der Waals surface area (Å²) in [6, 6.07) is 0. The van der Waals surface area contributed by atoms with Gasteiger partial charge in [-0.2, -0.15) is 0 Å². The van der Waals surface area contributed by atoms with Gasteiger partial charge in [-0.05, 0) is 32.6 Å². The summed E-state index contributed by atoms with van der Waals surface area (Å²) < 4.78 is 10.6. The topological polar surface area (TPSA) is 61.5 Å². The van der Waals surface area contributed by atoms with Gasteiger partial charge in [0, 0.05) is 13.0 Å². The van der Waals surface area contributed by atoms with Crippen LogP contribution in [0.1, 0.15) is 54.4 Å². The van der Waals surface area contributed by atoms with Gasteiger partial charge in [-0.1, -0.05) is 20.8 Å². The second kappa shape index (κ2) is 7.10. The molecule has 0 aliphatic heterocycles. The Labute approximate surface area is 111 Å². The molecule has 0 amide bonds. The molecule has 0 saturated carbocycles. The summed E-state index contributed by atoms with van der Waals surface area (Å²) in [5.74, 6) is -0.365. The first-order valence-electron chi connectivity index (χ1n) is 6.66. The number of esters is 1. The molecule has 0 aromatic heterocycles. The van der Waals surface area contributed by atoms with Crippen LogP contribution in [-0.2, 0) is 14.3 Å². The molecule has 0 aromatic rings.